The molecule has 0 aromatic carbocycles. The van der Waals surface area contributed by atoms with Gasteiger partial charge in [0.05, 0.1) is 0 Å². The van der Waals surface area contributed by atoms with E-state index in [-0.39, 0.29) is 11.3 Å². The Hall–Kier alpha value is 0.0200. The van der Waals surface area contributed by atoms with Crippen LogP contribution in [0.3, 0.4) is 0 Å². The molecule has 0 aromatic rings. The molecule has 8 unspecified atom stereocenters. The van der Waals surface area contributed by atoms with Gasteiger partial charge in [-0.05, 0) is 85.9 Å². The van der Waals surface area contributed by atoms with Gasteiger partial charge in [0.1, 0.15) is 6.17 Å². The Kier molecular flexibility index (Phi) is 13.7. The highest BCUT2D eigenvalue weighted by atomic mass is 32.1. The zero-order chi connectivity index (χ0) is 25.2. The van der Waals surface area contributed by atoms with Gasteiger partial charge in [-0.3, -0.25) is 0 Å². The lowest BCUT2D eigenvalue weighted by molar-refractivity contribution is -0.110. The van der Waals surface area contributed by atoms with E-state index in [9.17, 15) is 4.39 Å². The quantitative estimate of drug-likeness (QED) is 0.292. The molecular formula is C31H59FS. The highest BCUT2D eigenvalue weighted by Gasteiger charge is 2.60. The number of fused-ring (bicyclic) bond motifs is 5. The van der Waals surface area contributed by atoms with Gasteiger partial charge in [0.25, 0.3) is 0 Å². The number of thiol groups is 1. The van der Waals surface area contributed by atoms with Crippen molar-refractivity contribution in [1.29, 1.82) is 0 Å². The van der Waals surface area contributed by atoms with Crippen LogP contribution < -0.4 is 0 Å². The summed E-state index contributed by atoms with van der Waals surface area (Å²) in [5.41, 5.74) is 0.750. The predicted molar refractivity (Wildman–Crippen MR) is 151 cm³/mol. The Morgan fingerprint density at radius 2 is 1.42 bits per heavy atom. The van der Waals surface area contributed by atoms with Crippen molar-refractivity contribution >= 4 is 12.6 Å². The molecule has 0 heterocycles. The van der Waals surface area contributed by atoms with Gasteiger partial charge in [-0.1, -0.05) is 94.1 Å². The van der Waals surface area contributed by atoms with Crippen LogP contribution in [0.4, 0.5) is 4.39 Å². The molecule has 33 heavy (non-hydrogen) atoms. The molecule has 2 heteroatoms. The van der Waals surface area contributed by atoms with E-state index in [1.165, 1.54) is 64.2 Å². The maximum absolute atomic E-state index is 15.0. The van der Waals surface area contributed by atoms with Gasteiger partial charge in [0, 0.05) is 10.8 Å². The summed E-state index contributed by atoms with van der Waals surface area (Å²) in [4.78, 5) is 0.713. The largest absolute Gasteiger partial charge is 0.241 e. The number of hydrogen-bond donors (Lipinski definition) is 1. The topological polar surface area (TPSA) is 0 Å². The molecule has 0 aromatic heterocycles. The van der Waals surface area contributed by atoms with Crippen LogP contribution in [0.25, 0.3) is 0 Å². The van der Waals surface area contributed by atoms with Crippen molar-refractivity contribution in [2.24, 2.45) is 40.4 Å². The molecule has 4 aliphatic rings. The molecule has 4 rings (SSSR count). The molecule has 4 aliphatic carbocycles. The third kappa shape index (κ3) is 6.24. The first-order chi connectivity index (χ1) is 15.9. The summed E-state index contributed by atoms with van der Waals surface area (Å²) < 4.78 is 15.0. The minimum atomic E-state index is -0.809. The van der Waals surface area contributed by atoms with Crippen LogP contribution in [0.5, 0.6) is 0 Å². The fourth-order valence-corrected chi connectivity index (χ4v) is 8.58. The van der Waals surface area contributed by atoms with E-state index in [4.69, 9.17) is 0 Å². The van der Waals surface area contributed by atoms with Crippen molar-refractivity contribution in [3.05, 3.63) is 11.0 Å². The van der Waals surface area contributed by atoms with Crippen LogP contribution in [-0.2, 0) is 0 Å². The molecular weight excluding hydrogens is 423 g/mol. The minimum absolute atomic E-state index is 0.176. The number of unbranched alkanes of at least 4 members (excludes halogenated alkanes) is 3. The molecule has 3 fully saturated rings. The summed E-state index contributed by atoms with van der Waals surface area (Å²) in [5.74, 6) is 3.67. The van der Waals surface area contributed by atoms with Crippen LogP contribution in [0, 0.1) is 40.4 Å². The summed E-state index contributed by atoms with van der Waals surface area (Å²) in [7, 11) is 0. The van der Waals surface area contributed by atoms with Gasteiger partial charge in [0.2, 0.25) is 0 Å². The minimum Gasteiger partial charge on any atom is -0.241 e. The van der Waals surface area contributed by atoms with Crippen molar-refractivity contribution in [2.45, 2.75) is 146 Å². The second-order valence-corrected chi connectivity index (χ2v) is 11.5. The lowest BCUT2D eigenvalue weighted by atomic mass is 9.45. The van der Waals surface area contributed by atoms with Crippen LogP contribution >= 0.6 is 12.6 Å². The summed E-state index contributed by atoms with van der Waals surface area (Å²) in [6.45, 7) is 19.4. The summed E-state index contributed by atoms with van der Waals surface area (Å²) in [6.07, 6.45) is 17.4. The van der Waals surface area contributed by atoms with Gasteiger partial charge in [0.15, 0.2) is 0 Å². The van der Waals surface area contributed by atoms with Crippen molar-refractivity contribution in [3.8, 4) is 0 Å². The number of alkyl halides is 1. The lowest BCUT2D eigenvalue weighted by Crippen LogP contribution is -2.54. The van der Waals surface area contributed by atoms with E-state index >= 15 is 0 Å². The van der Waals surface area contributed by atoms with Crippen LogP contribution in [0.15, 0.2) is 11.0 Å². The van der Waals surface area contributed by atoms with E-state index in [2.05, 4.69) is 39.5 Å². The van der Waals surface area contributed by atoms with E-state index in [0.29, 0.717) is 10.3 Å². The molecule has 196 valence electrons. The van der Waals surface area contributed by atoms with Crippen molar-refractivity contribution in [1.82, 2.24) is 0 Å². The third-order valence-corrected chi connectivity index (χ3v) is 10.4. The molecule has 8 atom stereocenters. The van der Waals surface area contributed by atoms with Crippen LogP contribution in [-0.4, -0.2) is 6.17 Å². The van der Waals surface area contributed by atoms with Gasteiger partial charge >= 0.3 is 0 Å². The van der Waals surface area contributed by atoms with Gasteiger partial charge in [-0.2, -0.15) is 0 Å². The van der Waals surface area contributed by atoms with Crippen LogP contribution in [0.2, 0.25) is 0 Å². The van der Waals surface area contributed by atoms with Gasteiger partial charge in [-0.15, -0.1) is 12.6 Å². The fraction of sp³-hybridized carbons (Fsp3) is 0.935. The summed E-state index contributed by atoms with van der Waals surface area (Å²) >= 11 is 4.45. The summed E-state index contributed by atoms with van der Waals surface area (Å²) in [5, 5.41) is 0. The van der Waals surface area contributed by atoms with Crippen molar-refractivity contribution < 1.29 is 4.39 Å². The Balaban J connectivity index is 0.000000841. The molecule has 0 saturated heterocycles. The van der Waals surface area contributed by atoms with Crippen LogP contribution in [0.1, 0.15) is 139 Å². The van der Waals surface area contributed by atoms with Crippen molar-refractivity contribution in [3.63, 3.8) is 0 Å². The first-order valence-electron chi connectivity index (χ1n) is 14.9. The first-order valence-corrected chi connectivity index (χ1v) is 15.4. The van der Waals surface area contributed by atoms with Crippen molar-refractivity contribution in [2.75, 3.05) is 0 Å². The average molecular weight is 483 g/mol. The highest BCUT2D eigenvalue weighted by molar-refractivity contribution is 7.84. The first kappa shape index (κ1) is 31.1. The molecule has 0 amide bonds. The Morgan fingerprint density at radius 1 is 0.818 bits per heavy atom. The number of allylic oxidation sites excluding steroid dienone is 2. The smallest absolute Gasteiger partial charge is 0.134 e. The Labute approximate surface area is 213 Å². The van der Waals surface area contributed by atoms with E-state index in [1.54, 1.807) is 0 Å². The zero-order valence-corrected chi connectivity index (χ0v) is 24.7. The van der Waals surface area contributed by atoms with E-state index < -0.39 is 6.17 Å². The monoisotopic (exact) mass is 482 g/mol. The highest BCUT2D eigenvalue weighted by Crippen LogP contribution is 2.68. The third-order valence-electron chi connectivity index (χ3n) is 9.93. The average Bonchev–Trinajstić information content (AvgIpc) is 3.19. The Morgan fingerprint density at radius 3 is 2.06 bits per heavy atom. The number of hydrogen-bond acceptors (Lipinski definition) is 1. The molecule has 0 nitrogen and oxygen atoms in total. The van der Waals surface area contributed by atoms with E-state index in [0.717, 1.165) is 36.5 Å². The van der Waals surface area contributed by atoms with Gasteiger partial charge in [-0.25, -0.2) is 4.39 Å². The molecule has 0 aliphatic heterocycles. The second-order valence-electron chi connectivity index (χ2n) is 11.0. The lowest BCUT2D eigenvalue weighted by Gasteiger charge is -2.60. The molecule has 0 N–H and O–H groups in total. The summed E-state index contributed by atoms with van der Waals surface area (Å²) in [6, 6.07) is 0. The zero-order valence-electron chi connectivity index (χ0n) is 23.9. The number of halogens is 1. The van der Waals surface area contributed by atoms with E-state index in [1.807, 2.05) is 41.5 Å². The predicted octanol–water partition coefficient (Wildman–Crippen LogP) is 11.1. The molecule has 3 saturated carbocycles. The van der Waals surface area contributed by atoms with Gasteiger partial charge < -0.3 is 0 Å². The normalized spacial score (nSPS) is 40.8. The molecule has 0 spiro atoms. The standard InChI is InChI=1S/C25H41FS.3C2H6/c1-4-5-6-7-8-17-9-11-19-18-10-12-21-23(26)22(27)14-16-25(21,3)20(18)13-15-24(17,19)2;3*1-2/h14,17-21,23,27H,4-13,15-16H2,1-3H3;3*1-2H3. The maximum atomic E-state index is 15.0. The number of rotatable bonds is 5. The Bertz CT molecular complexity index is 571. The second kappa shape index (κ2) is 14.5. The maximum Gasteiger partial charge on any atom is 0.134 e. The SMILES string of the molecule is CC.CC.CC.CCCCCCC1CCC2C3CCC4C(F)C(S)=CCC4(C)C3CCC12C. The fourth-order valence-electron chi connectivity index (χ4n) is 8.31. The molecule has 0 bridgehead atoms. The molecule has 0 radical (unpaired) electrons.